The molecule has 0 unspecified atom stereocenters. The van der Waals surface area contributed by atoms with Crippen molar-refractivity contribution in [1.82, 2.24) is 9.80 Å². The lowest BCUT2D eigenvalue weighted by atomic mass is 10.0. The molecule has 3 rings (SSSR count). The van der Waals surface area contributed by atoms with E-state index >= 15 is 0 Å². The molecule has 0 aromatic heterocycles. The molecular formula is C28H40N4O4. The van der Waals surface area contributed by atoms with Crippen LogP contribution < -0.4 is 10.6 Å². The van der Waals surface area contributed by atoms with Gasteiger partial charge in [-0.3, -0.25) is 0 Å². The number of fused-ring (bicyclic) bond motifs is 4. The van der Waals surface area contributed by atoms with Gasteiger partial charge in [-0.2, -0.15) is 0 Å². The zero-order valence-corrected chi connectivity index (χ0v) is 22.1. The standard InChI is InChI=1S/C28H40N4O4/c1-5-31(6-2)13-15-35-27(33)25-11-9-23-17-21(25)19-29-24-10-12-26(22(18-24)20-30-23)28(34)36-16-14-32(7-3)8-4/h9-12,17-18,29-30H,5-8,13-16,19-20H2,1-4H3. The normalized spacial score (nSPS) is 12.6. The van der Waals surface area contributed by atoms with Gasteiger partial charge < -0.3 is 29.9 Å². The molecule has 8 heteroatoms. The van der Waals surface area contributed by atoms with Crippen LogP contribution in [0.2, 0.25) is 0 Å². The summed E-state index contributed by atoms with van der Waals surface area (Å²) in [5.41, 5.74) is 4.58. The number of ether oxygens (including phenoxy) is 2. The summed E-state index contributed by atoms with van der Waals surface area (Å²) in [5, 5.41) is 6.78. The van der Waals surface area contributed by atoms with Crippen molar-refractivity contribution >= 4 is 23.3 Å². The van der Waals surface area contributed by atoms with Gasteiger partial charge in [-0.25, -0.2) is 9.59 Å². The maximum absolute atomic E-state index is 12.8. The van der Waals surface area contributed by atoms with E-state index in [-0.39, 0.29) is 11.9 Å². The first-order valence-corrected chi connectivity index (χ1v) is 13.0. The first-order valence-electron chi connectivity index (χ1n) is 13.0. The Kier molecular flexibility index (Phi) is 10.6. The molecule has 1 aliphatic heterocycles. The van der Waals surface area contributed by atoms with Crippen LogP contribution in [0, 0.1) is 0 Å². The third kappa shape index (κ3) is 7.45. The molecule has 2 aromatic rings. The highest BCUT2D eigenvalue weighted by atomic mass is 16.5. The second-order valence-corrected chi connectivity index (χ2v) is 8.78. The predicted octanol–water partition coefficient (Wildman–Crippen LogP) is 4.22. The Morgan fingerprint density at radius 3 is 1.44 bits per heavy atom. The monoisotopic (exact) mass is 496 g/mol. The molecule has 1 heterocycles. The highest BCUT2D eigenvalue weighted by molar-refractivity contribution is 5.93. The SMILES string of the molecule is CCN(CC)CCOC(=O)c1ccc2cc1CNc1ccc(C(=O)OCCN(CC)CC)c(c1)CN2. The van der Waals surface area contributed by atoms with Crippen molar-refractivity contribution in [2.45, 2.75) is 40.8 Å². The minimum absolute atomic E-state index is 0.314. The van der Waals surface area contributed by atoms with E-state index in [1.54, 1.807) is 12.1 Å². The van der Waals surface area contributed by atoms with Gasteiger partial charge in [-0.05, 0) is 73.7 Å². The number of nitrogens with zero attached hydrogens (tertiary/aromatic N) is 2. The zero-order valence-electron chi connectivity index (χ0n) is 22.1. The molecule has 2 N–H and O–H groups in total. The van der Waals surface area contributed by atoms with Crippen molar-refractivity contribution < 1.29 is 19.1 Å². The van der Waals surface area contributed by atoms with Crippen molar-refractivity contribution in [2.24, 2.45) is 0 Å². The second kappa shape index (κ2) is 13.8. The van der Waals surface area contributed by atoms with Gasteiger partial charge in [-0.15, -0.1) is 0 Å². The Hall–Kier alpha value is -3.10. The number of hydrogen-bond acceptors (Lipinski definition) is 8. The molecule has 0 fully saturated rings. The van der Waals surface area contributed by atoms with Crippen LogP contribution in [0.4, 0.5) is 11.4 Å². The maximum Gasteiger partial charge on any atom is 0.338 e. The number of esters is 2. The van der Waals surface area contributed by atoms with Gasteiger partial charge in [0.1, 0.15) is 13.2 Å². The lowest BCUT2D eigenvalue weighted by Crippen LogP contribution is -2.28. The number of rotatable bonds is 12. The molecule has 0 atom stereocenters. The summed E-state index contributed by atoms with van der Waals surface area (Å²) in [4.78, 5) is 30.0. The number of nitrogens with one attached hydrogen (secondary N) is 2. The molecule has 0 spiro atoms. The van der Waals surface area contributed by atoms with Crippen LogP contribution in [-0.2, 0) is 22.6 Å². The van der Waals surface area contributed by atoms with Gasteiger partial charge in [0, 0.05) is 37.6 Å². The highest BCUT2D eigenvalue weighted by Gasteiger charge is 2.18. The zero-order chi connectivity index (χ0) is 25.9. The third-order valence-corrected chi connectivity index (χ3v) is 6.69. The Morgan fingerprint density at radius 2 is 1.08 bits per heavy atom. The molecule has 196 valence electrons. The number of carbonyl (C=O) groups excluding carboxylic acids is 2. The molecule has 36 heavy (non-hydrogen) atoms. The summed E-state index contributed by atoms with van der Waals surface area (Å²) >= 11 is 0. The molecule has 0 aliphatic carbocycles. The summed E-state index contributed by atoms with van der Waals surface area (Å²) in [5.74, 6) is -0.628. The highest BCUT2D eigenvalue weighted by Crippen LogP contribution is 2.24. The fraction of sp³-hybridized carbons (Fsp3) is 0.500. The van der Waals surface area contributed by atoms with Crippen LogP contribution in [0.3, 0.4) is 0 Å². The topological polar surface area (TPSA) is 83.1 Å². The van der Waals surface area contributed by atoms with Crippen LogP contribution in [0.15, 0.2) is 36.4 Å². The first kappa shape index (κ1) is 27.5. The Morgan fingerprint density at radius 1 is 0.694 bits per heavy atom. The number of carbonyl (C=O) groups is 2. The van der Waals surface area contributed by atoms with Gasteiger partial charge in [0.25, 0.3) is 0 Å². The molecule has 0 radical (unpaired) electrons. The largest absolute Gasteiger partial charge is 0.461 e. The van der Waals surface area contributed by atoms with Crippen molar-refractivity contribution in [3.8, 4) is 0 Å². The van der Waals surface area contributed by atoms with Gasteiger partial charge in [0.15, 0.2) is 0 Å². The molecule has 2 aromatic carbocycles. The molecule has 0 amide bonds. The van der Waals surface area contributed by atoms with Crippen molar-refractivity contribution in [3.05, 3.63) is 58.7 Å². The fourth-order valence-electron chi connectivity index (χ4n) is 4.26. The lowest BCUT2D eigenvalue weighted by Gasteiger charge is -2.20. The maximum atomic E-state index is 12.8. The van der Waals surface area contributed by atoms with Gasteiger partial charge >= 0.3 is 11.9 Å². The fourth-order valence-corrected chi connectivity index (χ4v) is 4.26. The number of benzene rings is 2. The second-order valence-electron chi connectivity index (χ2n) is 8.78. The molecule has 8 nitrogen and oxygen atoms in total. The number of anilines is 2. The van der Waals surface area contributed by atoms with Gasteiger partial charge in [0.05, 0.1) is 11.1 Å². The predicted molar refractivity (Wildman–Crippen MR) is 144 cm³/mol. The molecule has 0 saturated carbocycles. The summed E-state index contributed by atoms with van der Waals surface area (Å²) < 4.78 is 11.1. The minimum atomic E-state index is -0.314. The average molecular weight is 497 g/mol. The minimum Gasteiger partial charge on any atom is -0.461 e. The van der Waals surface area contributed by atoms with E-state index in [0.29, 0.717) is 37.4 Å². The quantitative estimate of drug-likeness (QED) is 0.423. The summed E-state index contributed by atoms with van der Waals surface area (Å²) in [7, 11) is 0. The van der Waals surface area contributed by atoms with E-state index in [1.807, 2.05) is 24.3 Å². The summed E-state index contributed by atoms with van der Waals surface area (Å²) in [6.45, 7) is 15.2. The first-order chi connectivity index (χ1) is 17.5. The van der Waals surface area contributed by atoms with E-state index in [2.05, 4.69) is 48.1 Å². The summed E-state index contributed by atoms with van der Waals surface area (Å²) in [6, 6.07) is 11.3. The average Bonchev–Trinajstić information content (AvgIpc) is 2.90. The Labute approximate surface area is 214 Å². The van der Waals surface area contributed by atoms with E-state index < -0.39 is 0 Å². The van der Waals surface area contributed by atoms with Crippen molar-refractivity contribution in [1.29, 1.82) is 0 Å². The van der Waals surface area contributed by atoms with Crippen LogP contribution in [0.25, 0.3) is 0 Å². The van der Waals surface area contributed by atoms with Gasteiger partial charge in [0.2, 0.25) is 0 Å². The molecular weight excluding hydrogens is 456 g/mol. The summed E-state index contributed by atoms with van der Waals surface area (Å²) in [6.07, 6.45) is 0. The lowest BCUT2D eigenvalue weighted by molar-refractivity contribution is 0.0456. The Balaban J connectivity index is 1.67. The van der Waals surface area contributed by atoms with E-state index in [9.17, 15) is 9.59 Å². The molecule has 1 aliphatic rings. The smallest absolute Gasteiger partial charge is 0.338 e. The van der Waals surface area contributed by atoms with Crippen molar-refractivity contribution in [2.75, 3.05) is 63.1 Å². The van der Waals surface area contributed by atoms with E-state index in [4.69, 9.17) is 9.47 Å². The van der Waals surface area contributed by atoms with Crippen LogP contribution in [0.1, 0.15) is 59.5 Å². The number of likely N-dealkylation sites (N-methyl/N-ethyl adjacent to an activating group) is 2. The number of hydrogen-bond donors (Lipinski definition) is 2. The van der Waals surface area contributed by atoms with E-state index in [1.165, 1.54) is 0 Å². The van der Waals surface area contributed by atoms with Crippen LogP contribution in [0.5, 0.6) is 0 Å². The van der Waals surface area contributed by atoms with Crippen LogP contribution in [-0.4, -0.2) is 74.2 Å². The third-order valence-electron chi connectivity index (χ3n) is 6.69. The van der Waals surface area contributed by atoms with Crippen molar-refractivity contribution in [3.63, 3.8) is 0 Å². The van der Waals surface area contributed by atoms with Gasteiger partial charge in [-0.1, -0.05) is 27.7 Å². The molecule has 0 saturated heterocycles. The molecule has 4 bridgehead atoms. The van der Waals surface area contributed by atoms with Crippen LogP contribution >= 0.6 is 0 Å². The van der Waals surface area contributed by atoms with E-state index in [0.717, 1.165) is 61.8 Å². The Bertz CT molecular complexity index is 937.